The van der Waals surface area contributed by atoms with E-state index in [0.29, 0.717) is 39.8 Å². The zero-order valence-electron chi connectivity index (χ0n) is 17.1. The molecule has 0 aliphatic heterocycles. The molecule has 1 amide bonds. The molecular weight excluding hydrogens is 422 g/mol. The van der Waals surface area contributed by atoms with Gasteiger partial charge in [0.25, 0.3) is 5.91 Å². The molecule has 0 radical (unpaired) electrons. The molecule has 4 aromatic carbocycles. The number of ether oxygens (including phenoxy) is 1. The van der Waals surface area contributed by atoms with E-state index in [1.807, 2.05) is 36.4 Å². The van der Waals surface area contributed by atoms with Gasteiger partial charge in [-0.05, 0) is 36.4 Å². The third-order valence-electron chi connectivity index (χ3n) is 4.90. The fourth-order valence-electron chi connectivity index (χ4n) is 3.23. The summed E-state index contributed by atoms with van der Waals surface area (Å²) >= 11 is 6.18. The minimum Gasteiger partial charge on any atom is -0.489 e. The van der Waals surface area contributed by atoms with Gasteiger partial charge in [-0.3, -0.25) is 9.59 Å². The highest BCUT2D eigenvalue weighted by Gasteiger charge is 2.16. The van der Waals surface area contributed by atoms with Gasteiger partial charge in [0.2, 0.25) is 0 Å². The number of ketones is 1. The van der Waals surface area contributed by atoms with Crippen molar-refractivity contribution in [2.24, 2.45) is 0 Å². The lowest BCUT2D eigenvalue weighted by molar-refractivity contribution is 0.102. The second kappa shape index (κ2) is 9.94. The van der Waals surface area contributed by atoms with Gasteiger partial charge < -0.3 is 10.1 Å². The molecule has 32 heavy (non-hydrogen) atoms. The van der Waals surface area contributed by atoms with Crippen LogP contribution in [0.3, 0.4) is 0 Å². The minimum absolute atomic E-state index is 0.154. The Hall–Kier alpha value is -3.89. The SMILES string of the molecule is O=C(Nc1ccccc1C(=O)c1ccccc1)c1cccc(OCc2ccccc2Cl)c1. The van der Waals surface area contributed by atoms with Gasteiger partial charge >= 0.3 is 0 Å². The quantitative estimate of drug-likeness (QED) is 0.337. The number of carbonyl (C=O) groups is 2. The number of rotatable bonds is 7. The van der Waals surface area contributed by atoms with E-state index in [9.17, 15) is 9.59 Å². The van der Waals surface area contributed by atoms with Gasteiger partial charge in [-0.25, -0.2) is 0 Å². The van der Waals surface area contributed by atoms with Gasteiger partial charge in [0.1, 0.15) is 12.4 Å². The zero-order chi connectivity index (χ0) is 22.3. The van der Waals surface area contributed by atoms with Crippen molar-refractivity contribution in [1.82, 2.24) is 0 Å². The normalized spacial score (nSPS) is 10.4. The van der Waals surface area contributed by atoms with Crippen LogP contribution in [0, 0.1) is 0 Å². The topological polar surface area (TPSA) is 55.4 Å². The Labute approximate surface area is 191 Å². The fraction of sp³-hybridized carbons (Fsp3) is 0.0370. The third kappa shape index (κ3) is 5.05. The van der Waals surface area contributed by atoms with E-state index in [2.05, 4.69) is 5.32 Å². The first-order chi connectivity index (χ1) is 15.6. The van der Waals surface area contributed by atoms with Crippen molar-refractivity contribution < 1.29 is 14.3 Å². The van der Waals surface area contributed by atoms with Gasteiger partial charge in [-0.1, -0.05) is 78.3 Å². The second-order valence-corrected chi connectivity index (χ2v) is 7.51. The lowest BCUT2D eigenvalue weighted by Gasteiger charge is -2.12. The summed E-state index contributed by atoms with van der Waals surface area (Å²) in [6.45, 7) is 0.291. The molecule has 5 heteroatoms. The molecule has 158 valence electrons. The molecule has 0 unspecified atom stereocenters. The molecule has 0 saturated heterocycles. The van der Waals surface area contributed by atoms with E-state index in [1.54, 1.807) is 66.7 Å². The largest absolute Gasteiger partial charge is 0.489 e. The van der Waals surface area contributed by atoms with Crippen LogP contribution in [0.5, 0.6) is 5.75 Å². The Bertz CT molecular complexity index is 1250. The highest BCUT2D eigenvalue weighted by atomic mass is 35.5. The van der Waals surface area contributed by atoms with E-state index in [0.717, 1.165) is 5.56 Å². The van der Waals surface area contributed by atoms with Crippen LogP contribution in [0.15, 0.2) is 103 Å². The zero-order valence-corrected chi connectivity index (χ0v) is 17.9. The maximum Gasteiger partial charge on any atom is 0.255 e. The number of carbonyl (C=O) groups excluding carboxylic acids is 2. The van der Waals surface area contributed by atoms with Gasteiger partial charge in [0.15, 0.2) is 5.78 Å². The molecule has 1 N–H and O–H groups in total. The minimum atomic E-state index is -0.332. The van der Waals surface area contributed by atoms with E-state index < -0.39 is 0 Å². The average Bonchev–Trinajstić information content (AvgIpc) is 2.84. The van der Waals surface area contributed by atoms with E-state index in [-0.39, 0.29) is 11.7 Å². The molecule has 4 nitrogen and oxygen atoms in total. The molecular formula is C27H20ClNO3. The molecule has 0 saturated carbocycles. The van der Waals surface area contributed by atoms with E-state index in [4.69, 9.17) is 16.3 Å². The molecule has 4 aromatic rings. The fourth-order valence-corrected chi connectivity index (χ4v) is 3.42. The summed E-state index contributed by atoms with van der Waals surface area (Å²) in [6.07, 6.45) is 0. The van der Waals surface area contributed by atoms with E-state index in [1.165, 1.54) is 0 Å². The third-order valence-corrected chi connectivity index (χ3v) is 5.27. The van der Waals surface area contributed by atoms with Gasteiger partial charge in [0, 0.05) is 27.3 Å². The Morgan fingerprint density at radius 1 is 0.750 bits per heavy atom. The molecule has 0 aliphatic rings. The predicted octanol–water partition coefficient (Wildman–Crippen LogP) is 6.40. The highest BCUT2D eigenvalue weighted by molar-refractivity contribution is 6.31. The van der Waals surface area contributed by atoms with Gasteiger partial charge in [-0.2, -0.15) is 0 Å². The van der Waals surface area contributed by atoms with Crippen molar-refractivity contribution in [2.75, 3.05) is 5.32 Å². The number of benzene rings is 4. The van der Waals surface area contributed by atoms with Crippen molar-refractivity contribution in [1.29, 1.82) is 0 Å². The summed E-state index contributed by atoms with van der Waals surface area (Å²) in [5.41, 5.74) is 2.72. The molecule has 0 fully saturated rings. The number of anilines is 1. The molecule has 0 atom stereocenters. The van der Waals surface area contributed by atoms with Crippen LogP contribution in [-0.4, -0.2) is 11.7 Å². The van der Waals surface area contributed by atoms with Crippen LogP contribution >= 0.6 is 11.6 Å². The van der Waals surface area contributed by atoms with Crippen LogP contribution in [0.25, 0.3) is 0 Å². The van der Waals surface area contributed by atoms with Crippen molar-refractivity contribution >= 4 is 29.0 Å². The lowest BCUT2D eigenvalue weighted by atomic mass is 10.0. The van der Waals surface area contributed by atoms with Crippen LogP contribution in [0.4, 0.5) is 5.69 Å². The number of hydrogen-bond donors (Lipinski definition) is 1. The predicted molar refractivity (Wildman–Crippen MR) is 126 cm³/mol. The summed E-state index contributed by atoms with van der Waals surface area (Å²) in [5.74, 6) is 0.0612. The average molecular weight is 442 g/mol. The Balaban J connectivity index is 1.50. The molecule has 4 rings (SSSR count). The van der Waals surface area contributed by atoms with Crippen molar-refractivity contribution in [3.8, 4) is 5.75 Å². The van der Waals surface area contributed by atoms with Crippen LogP contribution in [-0.2, 0) is 6.61 Å². The number of hydrogen-bond acceptors (Lipinski definition) is 3. The van der Waals surface area contributed by atoms with Crippen molar-refractivity contribution in [3.05, 3.63) is 130 Å². The number of halogens is 1. The van der Waals surface area contributed by atoms with Crippen LogP contribution in [0.1, 0.15) is 31.8 Å². The molecule has 0 aromatic heterocycles. The Morgan fingerprint density at radius 3 is 2.25 bits per heavy atom. The van der Waals surface area contributed by atoms with Crippen LogP contribution in [0.2, 0.25) is 5.02 Å². The van der Waals surface area contributed by atoms with Crippen LogP contribution < -0.4 is 10.1 Å². The Kier molecular flexibility index (Phi) is 6.63. The number of nitrogens with one attached hydrogen (secondary N) is 1. The van der Waals surface area contributed by atoms with Crippen molar-refractivity contribution in [2.45, 2.75) is 6.61 Å². The van der Waals surface area contributed by atoms with Gasteiger partial charge in [0.05, 0.1) is 5.69 Å². The maximum absolute atomic E-state index is 12.9. The number of amides is 1. The van der Waals surface area contributed by atoms with Gasteiger partial charge in [-0.15, -0.1) is 0 Å². The maximum atomic E-state index is 12.9. The Morgan fingerprint density at radius 2 is 1.44 bits per heavy atom. The lowest BCUT2D eigenvalue weighted by Crippen LogP contribution is -2.15. The highest BCUT2D eigenvalue weighted by Crippen LogP contribution is 2.22. The molecule has 0 heterocycles. The van der Waals surface area contributed by atoms with E-state index >= 15 is 0 Å². The summed E-state index contributed by atoms with van der Waals surface area (Å²) in [5, 5.41) is 3.48. The monoisotopic (exact) mass is 441 g/mol. The smallest absolute Gasteiger partial charge is 0.255 e. The first-order valence-electron chi connectivity index (χ1n) is 10.1. The first-order valence-corrected chi connectivity index (χ1v) is 10.5. The number of para-hydroxylation sites is 1. The molecule has 0 spiro atoms. The summed E-state index contributed by atoms with van der Waals surface area (Å²) < 4.78 is 5.82. The summed E-state index contributed by atoms with van der Waals surface area (Å²) in [4.78, 5) is 25.8. The van der Waals surface area contributed by atoms with Crippen molar-refractivity contribution in [3.63, 3.8) is 0 Å². The summed E-state index contributed by atoms with van der Waals surface area (Å²) in [6, 6.07) is 30.3. The molecule has 0 aliphatic carbocycles. The standard InChI is InChI=1S/C27H20ClNO3/c28-24-15-6-4-11-21(24)18-32-22-13-8-12-20(17-22)27(31)29-25-16-7-5-14-23(25)26(30)19-9-2-1-3-10-19/h1-17H,18H2,(H,29,31). The second-order valence-electron chi connectivity index (χ2n) is 7.10. The molecule has 0 bridgehead atoms. The summed E-state index contributed by atoms with van der Waals surface area (Å²) in [7, 11) is 0. The first kappa shape index (κ1) is 21.3.